The number of nitrogens with one attached hydrogen (secondary N) is 1. The molecule has 3 N–H and O–H groups in total. The van der Waals surface area contributed by atoms with E-state index >= 15 is 0 Å². The summed E-state index contributed by atoms with van der Waals surface area (Å²) in [6, 6.07) is 22.1. The van der Waals surface area contributed by atoms with E-state index in [-0.39, 0.29) is 11.5 Å². The highest BCUT2D eigenvalue weighted by atomic mass is 16.2. The minimum atomic E-state index is -0.850. The number of carbonyl (C=O) groups excluding carboxylic acids is 3. The van der Waals surface area contributed by atoms with Crippen LogP contribution in [-0.2, 0) is 11.3 Å². The molecule has 0 aliphatic carbocycles. The Kier molecular flexibility index (Phi) is 4.83. The number of hydrogen-bond acceptors (Lipinski definition) is 3. The van der Waals surface area contributed by atoms with Crippen LogP contribution in [0.4, 0.5) is 5.69 Å². The Hall–Kier alpha value is -3.93. The lowest BCUT2D eigenvalue weighted by atomic mass is 10.0. The smallest absolute Gasteiger partial charge is 0.255 e. The van der Waals surface area contributed by atoms with Crippen molar-refractivity contribution in [2.75, 3.05) is 5.32 Å². The fourth-order valence-electron chi connectivity index (χ4n) is 3.60. The summed E-state index contributed by atoms with van der Waals surface area (Å²) in [6.07, 6.45) is 0. The second-order valence-electron chi connectivity index (χ2n) is 6.80. The predicted molar refractivity (Wildman–Crippen MR) is 109 cm³/mol. The molecule has 6 heteroatoms. The minimum absolute atomic E-state index is 0.201. The van der Waals surface area contributed by atoms with Crippen LogP contribution in [0.25, 0.3) is 0 Å². The van der Waals surface area contributed by atoms with Gasteiger partial charge in [-0.2, -0.15) is 0 Å². The first-order chi connectivity index (χ1) is 14.1. The fraction of sp³-hybridized carbons (Fsp3) is 0.0870. The highest BCUT2D eigenvalue weighted by Crippen LogP contribution is 2.32. The van der Waals surface area contributed by atoms with Gasteiger partial charge in [0.15, 0.2) is 0 Å². The lowest BCUT2D eigenvalue weighted by molar-refractivity contribution is -0.120. The zero-order chi connectivity index (χ0) is 20.4. The molecule has 0 bridgehead atoms. The van der Waals surface area contributed by atoms with E-state index in [1.807, 2.05) is 30.3 Å². The van der Waals surface area contributed by atoms with Crippen LogP contribution >= 0.6 is 0 Å². The SMILES string of the molecule is NC(=O)c1ccccc1NC(=O)[C@@H](c1ccccc1)N1Cc2ccccc2C1=O. The van der Waals surface area contributed by atoms with Crippen molar-refractivity contribution in [2.24, 2.45) is 5.73 Å². The molecule has 0 radical (unpaired) electrons. The third kappa shape index (κ3) is 3.48. The molecule has 1 aliphatic heterocycles. The van der Waals surface area contributed by atoms with E-state index in [1.54, 1.807) is 53.4 Å². The molecule has 3 aromatic rings. The number of benzene rings is 3. The fourth-order valence-corrected chi connectivity index (χ4v) is 3.60. The van der Waals surface area contributed by atoms with Crippen molar-refractivity contribution in [3.63, 3.8) is 0 Å². The summed E-state index contributed by atoms with van der Waals surface area (Å²) < 4.78 is 0. The molecule has 4 rings (SSSR count). The van der Waals surface area contributed by atoms with E-state index in [1.165, 1.54) is 0 Å². The first-order valence-electron chi connectivity index (χ1n) is 9.20. The van der Waals surface area contributed by atoms with Gasteiger partial charge in [0.1, 0.15) is 6.04 Å². The molecule has 6 nitrogen and oxygen atoms in total. The summed E-state index contributed by atoms with van der Waals surface area (Å²) in [5.41, 5.74) is 8.11. The Morgan fingerprint density at radius 3 is 2.28 bits per heavy atom. The molecule has 1 atom stereocenters. The van der Waals surface area contributed by atoms with Gasteiger partial charge in [0.2, 0.25) is 0 Å². The number of rotatable bonds is 5. The van der Waals surface area contributed by atoms with Gasteiger partial charge in [0.25, 0.3) is 17.7 Å². The van der Waals surface area contributed by atoms with Crippen LogP contribution in [0.15, 0.2) is 78.9 Å². The van der Waals surface area contributed by atoms with Gasteiger partial charge in [-0.3, -0.25) is 14.4 Å². The molecule has 0 aromatic heterocycles. The van der Waals surface area contributed by atoms with E-state index in [4.69, 9.17) is 5.73 Å². The van der Waals surface area contributed by atoms with Crippen molar-refractivity contribution in [3.05, 3.63) is 101 Å². The highest BCUT2D eigenvalue weighted by molar-refractivity contribution is 6.07. The number of hydrogen-bond donors (Lipinski definition) is 2. The van der Waals surface area contributed by atoms with Gasteiger partial charge in [0.05, 0.1) is 11.3 Å². The third-order valence-electron chi connectivity index (χ3n) is 4.98. The van der Waals surface area contributed by atoms with Gasteiger partial charge in [0, 0.05) is 12.1 Å². The minimum Gasteiger partial charge on any atom is -0.366 e. The second-order valence-corrected chi connectivity index (χ2v) is 6.80. The number of fused-ring (bicyclic) bond motifs is 1. The number of anilines is 1. The number of nitrogens with two attached hydrogens (primary N) is 1. The maximum atomic E-state index is 13.3. The van der Waals surface area contributed by atoms with Crippen LogP contribution in [-0.4, -0.2) is 22.6 Å². The van der Waals surface area contributed by atoms with Crippen molar-refractivity contribution in [1.82, 2.24) is 4.90 Å². The first-order valence-corrected chi connectivity index (χ1v) is 9.20. The van der Waals surface area contributed by atoms with Crippen LogP contribution in [0.5, 0.6) is 0 Å². The Morgan fingerprint density at radius 1 is 0.897 bits per heavy atom. The maximum Gasteiger partial charge on any atom is 0.255 e. The third-order valence-corrected chi connectivity index (χ3v) is 4.98. The Morgan fingerprint density at radius 2 is 1.55 bits per heavy atom. The molecule has 29 heavy (non-hydrogen) atoms. The van der Waals surface area contributed by atoms with Crippen molar-refractivity contribution >= 4 is 23.4 Å². The topological polar surface area (TPSA) is 92.5 Å². The van der Waals surface area contributed by atoms with Gasteiger partial charge < -0.3 is 16.0 Å². The molecule has 3 aromatic carbocycles. The lowest BCUT2D eigenvalue weighted by Crippen LogP contribution is -2.37. The monoisotopic (exact) mass is 385 g/mol. The average molecular weight is 385 g/mol. The number of nitrogens with zero attached hydrogens (tertiary/aromatic N) is 1. The molecular formula is C23H19N3O3. The van der Waals surface area contributed by atoms with Crippen LogP contribution in [0.1, 0.15) is 37.9 Å². The van der Waals surface area contributed by atoms with E-state index in [2.05, 4.69) is 5.32 Å². The zero-order valence-corrected chi connectivity index (χ0v) is 15.5. The summed E-state index contributed by atoms with van der Waals surface area (Å²) in [4.78, 5) is 39.6. The predicted octanol–water partition coefficient (Wildman–Crippen LogP) is 3.12. The molecular weight excluding hydrogens is 366 g/mol. The molecule has 0 unspecified atom stereocenters. The number of primary amides is 1. The van der Waals surface area contributed by atoms with Gasteiger partial charge in [-0.1, -0.05) is 60.7 Å². The van der Waals surface area contributed by atoms with Crippen LogP contribution in [0.3, 0.4) is 0 Å². The van der Waals surface area contributed by atoms with Crippen molar-refractivity contribution < 1.29 is 14.4 Å². The van der Waals surface area contributed by atoms with Crippen molar-refractivity contribution in [1.29, 1.82) is 0 Å². The van der Waals surface area contributed by atoms with Crippen LogP contribution < -0.4 is 11.1 Å². The number of para-hydroxylation sites is 1. The second kappa shape index (κ2) is 7.59. The first kappa shape index (κ1) is 18.4. The zero-order valence-electron chi connectivity index (χ0n) is 15.5. The van der Waals surface area contributed by atoms with E-state index < -0.39 is 17.9 Å². The summed E-state index contributed by atoms with van der Waals surface area (Å²) in [7, 11) is 0. The van der Waals surface area contributed by atoms with Crippen molar-refractivity contribution in [2.45, 2.75) is 12.6 Å². The van der Waals surface area contributed by atoms with E-state index in [9.17, 15) is 14.4 Å². The summed E-state index contributed by atoms with van der Waals surface area (Å²) >= 11 is 0. The van der Waals surface area contributed by atoms with E-state index in [0.717, 1.165) is 5.56 Å². The summed E-state index contributed by atoms with van der Waals surface area (Å²) in [5, 5.41) is 2.78. The summed E-state index contributed by atoms with van der Waals surface area (Å²) in [6.45, 7) is 0.333. The molecule has 0 saturated carbocycles. The molecule has 0 spiro atoms. The normalized spacial score (nSPS) is 13.7. The van der Waals surface area contributed by atoms with Gasteiger partial charge in [-0.25, -0.2) is 0 Å². The number of amides is 3. The van der Waals surface area contributed by atoms with Crippen LogP contribution in [0.2, 0.25) is 0 Å². The molecule has 0 fully saturated rings. The molecule has 1 heterocycles. The Bertz CT molecular complexity index is 1100. The van der Waals surface area contributed by atoms with Gasteiger partial charge >= 0.3 is 0 Å². The van der Waals surface area contributed by atoms with E-state index in [0.29, 0.717) is 23.4 Å². The standard InChI is InChI=1S/C23H19N3O3/c24-21(27)18-12-6-7-13-19(18)25-22(28)20(15-8-2-1-3-9-15)26-14-16-10-4-5-11-17(16)23(26)29/h1-13,20H,14H2,(H2,24,27)(H,25,28)/t20-/m1/s1. The average Bonchev–Trinajstić information content (AvgIpc) is 3.06. The summed E-state index contributed by atoms with van der Waals surface area (Å²) in [5.74, 6) is -1.25. The molecule has 3 amide bonds. The van der Waals surface area contributed by atoms with Gasteiger partial charge in [-0.05, 0) is 29.3 Å². The Labute approximate surface area is 167 Å². The quantitative estimate of drug-likeness (QED) is 0.707. The van der Waals surface area contributed by atoms with Crippen molar-refractivity contribution in [3.8, 4) is 0 Å². The lowest BCUT2D eigenvalue weighted by Gasteiger charge is -2.27. The van der Waals surface area contributed by atoms with Crippen LogP contribution in [0, 0.1) is 0 Å². The highest BCUT2D eigenvalue weighted by Gasteiger charge is 2.37. The molecule has 0 saturated heterocycles. The van der Waals surface area contributed by atoms with Gasteiger partial charge in [-0.15, -0.1) is 0 Å². The maximum absolute atomic E-state index is 13.3. The molecule has 1 aliphatic rings. The largest absolute Gasteiger partial charge is 0.366 e. The Balaban J connectivity index is 1.71. The number of carbonyl (C=O) groups is 3. The molecule has 144 valence electrons.